The molecule has 1 saturated heterocycles. The predicted molar refractivity (Wildman–Crippen MR) is 93.0 cm³/mol. The van der Waals surface area contributed by atoms with Crippen LogP contribution in [0.3, 0.4) is 0 Å². The number of carbonyl (C=O) groups excluding carboxylic acids is 2. The maximum atomic E-state index is 12.7. The lowest BCUT2D eigenvalue weighted by Crippen LogP contribution is -2.38. The average molecular weight is 351 g/mol. The number of likely N-dealkylation sites (tertiary alicyclic amines) is 1. The number of benzene rings is 1. The van der Waals surface area contributed by atoms with Gasteiger partial charge in [-0.2, -0.15) is 0 Å². The second kappa shape index (κ2) is 10.5. The van der Waals surface area contributed by atoms with Crippen LogP contribution in [0, 0.1) is 5.82 Å². The zero-order valence-electron chi connectivity index (χ0n) is 14.4. The molecule has 1 aliphatic heterocycles. The zero-order chi connectivity index (χ0) is 17.9. The second-order valence-corrected chi connectivity index (χ2v) is 6.03. The summed E-state index contributed by atoms with van der Waals surface area (Å²) in [5.41, 5.74) is 0. The number of rotatable bonds is 9. The van der Waals surface area contributed by atoms with E-state index < -0.39 is 0 Å². The molecule has 7 heteroatoms. The van der Waals surface area contributed by atoms with E-state index in [1.807, 2.05) is 4.90 Å². The van der Waals surface area contributed by atoms with E-state index in [0.717, 1.165) is 38.8 Å². The number of halogens is 1. The summed E-state index contributed by atoms with van der Waals surface area (Å²) in [7, 11) is 0. The molecule has 0 radical (unpaired) electrons. The summed E-state index contributed by atoms with van der Waals surface area (Å²) in [4.78, 5) is 25.3. The molecule has 1 aromatic carbocycles. The SMILES string of the molecule is O=C(NCCCCOc1ccc(F)cc1)NCCC(=O)N1CCCC1. The molecule has 0 aliphatic carbocycles. The van der Waals surface area contributed by atoms with Crippen molar-refractivity contribution >= 4 is 11.9 Å². The van der Waals surface area contributed by atoms with Crippen molar-refractivity contribution in [2.45, 2.75) is 32.1 Å². The van der Waals surface area contributed by atoms with Crippen molar-refractivity contribution in [3.63, 3.8) is 0 Å². The van der Waals surface area contributed by atoms with Gasteiger partial charge in [0, 0.05) is 32.6 Å². The molecule has 0 bridgehead atoms. The van der Waals surface area contributed by atoms with Crippen LogP contribution in [0.2, 0.25) is 0 Å². The van der Waals surface area contributed by atoms with Gasteiger partial charge in [0.25, 0.3) is 0 Å². The van der Waals surface area contributed by atoms with Gasteiger partial charge in [-0.15, -0.1) is 0 Å². The van der Waals surface area contributed by atoms with E-state index in [0.29, 0.717) is 31.9 Å². The Morgan fingerprint density at radius 1 is 1.04 bits per heavy atom. The molecule has 0 aromatic heterocycles. The van der Waals surface area contributed by atoms with Crippen molar-refractivity contribution in [2.24, 2.45) is 0 Å². The molecular weight excluding hydrogens is 325 g/mol. The average Bonchev–Trinajstić information content (AvgIpc) is 3.14. The van der Waals surface area contributed by atoms with Crippen molar-refractivity contribution in [3.05, 3.63) is 30.1 Å². The smallest absolute Gasteiger partial charge is 0.314 e. The van der Waals surface area contributed by atoms with E-state index in [1.165, 1.54) is 12.1 Å². The maximum absolute atomic E-state index is 12.7. The first-order valence-corrected chi connectivity index (χ1v) is 8.83. The van der Waals surface area contributed by atoms with E-state index >= 15 is 0 Å². The van der Waals surface area contributed by atoms with E-state index in [9.17, 15) is 14.0 Å². The van der Waals surface area contributed by atoms with E-state index in [-0.39, 0.29) is 17.8 Å². The minimum absolute atomic E-state index is 0.107. The Kier molecular flexibility index (Phi) is 8.01. The van der Waals surface area contributed by atoms with Gasteiger partial charge in [0.05, 0.1) is 6.61 Å². The molecule has 25 heavy (non-hydrogen) atoms. The number of urea groups is 1. The van der Waals surface area contributed by atoms with Crippen molar-refractivity contribution in [1.82, 2.24) is 15.5 Å². The lowest BCUT2D eigenvalue weighted by atomic mass is 10.3. The Morgan fingerprint density at radius 2 is 1.72 bits per heavy atom. The minimum atomic E-state index is -0.287. The number of hydrogen-bond donors (Lipinski definition) is 2. The molecule has 3 amide bonds. The van der Waals surface area contributed by atoms with Crippen LogP contribution >= 0.6 is 0 Å². The van der Waals surface area contributed by atoms with Crippen molar-refractivity contribution in [1.29, 1.82) is 0 Å². The van der Waals surface area contributed by atoms with Gasteiger partial charge < -0.3 is 20.3 Å². The molecule has 1 aliphatic rings. The van der Waals surface area contributed by atoms with Crippen molar-refractivity contribution in [2.75, 3.05) is 32.8 Å². The zero-order valence-corrected chi connectivity index (χ0v) is 14.4. The summed E-state index contributed by atoms with van der Waals surface area (Å²) in [6.45, 7) is 3.09. The third kappa shape index (κ3) is 7.41. The minimum Gasteiger partial charge on any atom is -0.494 e. The standard InChI is InChI=1S/C18H26FN3O3/c19-15-5-7-16(8-6-15)25-14-4-1-10-20-18(24)21-11-9-17(23)22-12-2-3-13-22/h5-8H,1-4,9-14H2,(H2,20,21,24). The highest BCUT2D eigenvalue weighted by Crippen LogP contribution is 2.11. The first-order valence-electron chi connectivity index (χ1n) is 8.83. The quantitative estimate of drug-likeness (QED) is 0.671. The van der Waals surface area contributed by atoms with Crippen LogP contribution in [0.4, 0.5) is 9.18 Å². The van der Waals surface area contributed by atoms with E-state index in [4.69, 9.17) is 4.74 Å². The molecule has 0 unspecified atom stereocenters. The number of carbonyl (C=O) groups is 2. The normalized spacial score (nSPS) is 13.6. The Balaban J connectivity index is 1.44. The van der Waals surface area contributed by atoms with Gasteiger partial charge >= 0.3 is 6.03 Å². The molecule has 0 spiro atoms. The van der Waals surface area contributed by atoms with Crippen molar-refractivity contribution < 1.29 is 18.7 Å². The predicted octanol–water partition coefficient (Wildman–Crippen LogP) is 2.30. The number of ether oxygens (including phenoxy) is 1. The Labute approximate surface area is 147 Å². The maximum Gasteiger partial charge on any atom is 0.314 e. The van der Waals surface area contributed by atoms with Crippen molar-refractivity contribution in [3.8, 4) is 5.75 Å². The Hall–Kier alpha value is -2.31. The molecular formula is C18H26FN3O3. The number of nitrogens with one attached hydrogen (secondary N) is 2. The molecule has 2 N–H and O–H groups in total. The summed E-state index contributed by atoms with van der Waals surface area (Å²) in [6.07, 6.45) is 4.06. The van der Waals surface area contributed by atoms with Crippen LogP contribution in [0.25, 0.3) is 0 Å². The fourth-order valence-corrected chi connectivity index (χ4v) is 2.62. The number of hydrogen-bond acceptors (Lipinski definition) is 3. The molecule has 1 fully saturated rings. The number of amides is 3. The summed E-state index contributed by atoms with van der Waals surface area (Å²) in [5, 5.41) is 5.45. The summed E-state index contributed by atoms with van der Waals surface area (Å²) < 4.78 is 18.2. The van der Waals surface area contributed by atoms with Gasteiger partial charge in [0.1, 0.15) is 11.6 Å². The Bertz CT molecular complexity index is 545. The highest BCUT2D eigenvalue weighted by molar-refractivity contribution is 5.78. The highest BCUT2D eigenvalue weighted by atomic mass is 19.1. The lowest BCUT2D eigenvalue weighted by Gasteiger charge is -2.15. The van der Waals surface area contributed by atoms with E-state index in [2.05, 4.69) is 10.6 Å². The molecule has 0 saturated carbocycles. The third-order valence-electron chi connectivity index (χ3n) is 4.02. The van der Waals surface area contributed by atoms with Gasteiger partial charge in [0.15, 0.2) is 0 Å². The van der Waals surface area contributed by atoms with Crippen LogP contribution < -0.4 is 15.4 Å². The molecule has 1 heterocycles. The van der Waals surface area contributed by atoms with Crippen LogP contribution in [0.5, 0.6) is 5.75 Å². The van der Waals surface area contributed by atoms with Crippen LogP contribution in [-0.2, 0) is 4.79 Å². The monoisotopic (exact) mass is 351 g/mol. The first kappa shape index (κ1) is 19.0. The highest BCUT2D eigenvalue weighted by Gasteiger charge is 2.17. The molecule has 1 aromatic rings. The van der Waals surface area contributed by atoms with Crippen LogP contribution in [0.15, 0.2) is 24.3 Å². The topological polar surface area (TPSA) is 70.7 Å². The fourth-order valence-electron chi connectivity index (χ4n) is 2.62. The molecule has 0 atom stereocenters. The number of unbranched alkanes of at least 4 members (excludes halogenated alkanes) is 1. The van der Waals surface area contributed by atoms with Gasteiger partial charge in [0.2, 0.25) is 5.91 Å². The molecule has 2 rings (SSSR count). The van der Waals surface area contributed by atoms with Crippen LogP contribution in [0.1, 0.15) is 32.1 Å². The van der Waals surface area contributed by atoms with Gasteiger partial charge in [-0.25, -0.2) is 9.18 Å². The third-order valence-corrected chi connectivity index (χ3v) is 4.02. The molecule has 6 nitrogen and oxygen atoms in total. The lowest BCUT2D eigenvalue weighted by molar-refractivity contribution is -0.129. The second-order valence-electron chi connectivity index (χ2n) is 6.03. The summed E-state index contributed by atoms with van der Waals surface area (Å²) in [5.74, 6) is 0.454. The molecule has 138 valence electrons. The first-order chi connectivity index (χ1) is 12.1. The van der Waals surface area contributed by atoms with Gasteiger partial charge in [-0.05, 0) is 49.9 Å². The largest absolute Gasteiger partial charge is 0.494 e. The van der Waals surface area contributed by atoms with E-state index in [1.54, 1.807) is 12.1 Å². The van der Waals surface area contributed by atoms with Gasteiger partial charge in [-0.1, -0.05) is 0 Å². The number of nitrogens with zero attached hydrogens (tertiary/aromatic N) is 1. The van der Waals surface area contributed by atoms with Gasteiger partial charge in [-0.3, -0.25) is 4.79 Å². The summed E-state index contributed by atoms with van der Waals surface area (Å²) >= 11 is 0. The van der Waals surface area contributed by atoms with Crippen LogP contribution in [-0.4, -0.2) is 49.6 Å². The Morgan fingerprint density at radius 3 is 2.44 bits per heavy atom. The fraction of sp³-hybridized carbons (Fsp3) is 0.556. The summed E-state index contributed by atoms with van der Waals surface area (Å²) in [6, 6.07) is 5.63.